The van der Waals surface area contributed by atoms with Gasteiger partial charge in [0.05, 0.1) is 54.3 Å². The number of carbonyl (C=O) groups excluding carboxylic acids is 1. The second-order valence-electron chi connectivity index (χ2n) is 8.93. The summed E-state index contributed by atoms with van der Waals surface area (Å²) in [6.07, 6.45) is 1.76. The predicted molar refractivity (Wildman–Crippen MR) is 161 cm³/mol. The lowest BCUT2D eigenvalue weighted by Crippen LogP contribution is -2.40. The van der Waals surface area contributed by atoms with Crippen LogP contribution in [0.25, 0.3) is 11.8 Å². The first-order chi connectivity index (χ1) is 19.9. The quantitative estimate of drug-likeness (QED) is 0.261. The number of carbonyl (C=O) groups is 1. The summed E-state index contributed by atoms with van der Waals surface area (Å²) in [5.41, 5.74) is 2.59. The van der Waals surface area contributed by atoms with Gasteiger partial charge in [-0.15, -0.1) is 0 Å². The molecule has 210 valence electrons. The molecule has 3 aromatic carbocycles. The molecule has 0 radical (unpaired) electrons. The summed E-state index contributed by atoms with van der Waals surface area (Å²) >= 11 is 4.75. The molecule has 0 N–H and O–H groups in total. The number of hydrogen-bond acceptors (Lipinski definition) is 8. The minimum absolute atomic E-state index is 0.177. The highest BCUT2D eigenvalue weighted by molar-refractivity contribution is 9.10. The number of hydrogen-bond donors (Lipinski definition) is 0. The molecule has 0 fully saturated rings. The number of thiazole rings is 1. The molecule has 1 aliphatic heterocycles. The highest BCUT2D eigenvalue weighted by atomic mass is 79.9. The van der Waals surface area contributed by atoms with Crippen molar-refractivity contribution in [1.82, 2.24) is 4.57 Å². The van der Waals surface area contributed by atoms with Crippen LogP contribution in [0.3, 0.4) is 0 Å². The van der Waals surface area contributed by atoms with Gasteiger partial charge in [0.25, 0.3) is 5.56 Å². The average Bonchev–Trinajstić information content (AvgIpc) is 3.31. The van der Waals surface area contributed by atoms with Crippen molar-refractivity contribution in [2.45, 2.75) is 13.0 Å². The molecule has 0 saturated carbocycles. The molecule has 1 aromatic heterocycles. The van der Waals surface area contributed by atoms with Crippen molar-refractivity contribution in [3.63, 3.8) is 0 Å². The Kier molecular flexibility index (Phi) is 8.41. The van der Waals surface area contributed by atoms with Gasteiger partial charge in [-0.3, -0.25) is 9.36 Å². The van der Waals surface area contributed by atoms with Gasteiger partial charge in [0.1, 0.15) is 17.2 Å². The molecule has 0 aliphatic carbocycles. The van der Waals surface area contributed by atoms with E-state index in [0.717, 1.165) is 11.1 Å². The van der Waals surface area contributed by atoms with Gasteiger partial charge in [-0.25, -0.2) is 9.79 Å². The van der Waals surface area contributed by atoms with Crippen molar-refractivity contribution in [3.05, 3.63) is 113 Å². The Morgan fingerprint density at radius 1 is 1.00 bits per heavy atom. The number of halogens is 1. The molecule has 41 heavy (non-hydrogen) atoms. The van der Waals surface area contributed by atoms with Crippen LogP contribution in [0.5, 0.6) is 17.2 Å². The molecule has 0 amide bonds. The first kappa shape index (κ1) is 28.4. The summed E-state index contributed by atoms with van der Waals surface area (Å²) in [5.74, 6) is 1.26. The number of nitrogens with zero attached hydrogens (tertiary/aromatic N) is 2. The Bertz CT molecular complexity index is 1810. The number of ether oxygens (including phenoxy) is 4. The van der Waals surface area contributed by atoms with E-state index in [2.05, 4.69) is 15.9 Å². The third-order valence-electron chi connectivity index (χ3n) is 6.60. The van der Waals surface area contributed by atoms with Crippen LogP contribution < -0.4 is 29.1 Å². The SMILES string of the molecule is CCOC(=O)C1=C(c2ccccc2)N=c2s/c(=C\c3cc(Br)c(OC)cc3OC)c(=O)n2C1c1ccc(OC)cc1. The topological polar surface area (TPSA) is 88.4 Å². The van der Waals surface area contributed by atoms with Crippen molar-refractivity contribution in [3.8, 4) is 17.2 Å². The van der Waals surface area contributed by atoms with Crippen molar-refractivity contribution in [2.24, 2.45) is 4.99 Å². The summed E-state index contributed by atoms with van der Waals surface area (Å²) in [6.45, 7) is 1.93. The Labute approximate surface area is 248 Å². The van der Waals surface area contributed by atoms with E-state index in [4.69, 9.17) is 23.9 Å². The van der Waals surface area contributed by atoms with E-state index in [1.165, 1.54) is 11.3 Å². The van der Waals surface area contributed by atoms with E-state index in [1.54, 1.807) is 57.1 Å². The van der Waals surface area contributed by atoms with Crippen LogP contribution in [0.15, 0.2) is 86.6 Å². The Balaban J connectivity index is 1.82. The van der Waals surface area contributed by atoms with E-state index in [-0.39, 0.29) is 17.7 Å². The smallest absolute Gasteiger partial charge is 0.338 e. The van der Waals surface area contributed by atoms with E-state index in [9.17, 15) is 9.59 Å². The lowest BCUT2D eigenvalue weighted by Gasteiger charge is -2.26. The minimum atomic E-state index is -0.780. The summed E-state index contributed by atoms with van der Waals surface area (Å²) in [7, 11) is 4.71. The van der Waals surface area contributed by atoms with Crippen LogP contribution in [-0.4, -0.2) is 38.5 Å². The predicted octanol–water partition coefficient (Wildman–Crippen LogP) is 4.72. The van der Waals surface area contributed by atoms with Crippen molar-refractivity contribution >= 4 is 45.0 Å². The van der Waals surface area contributed by atoms with E-state index < -0.39 is 12.0 Å². The Hall–Kier alpha value is -4.15. The van der Waals surface area contributed by atoms with Gasteiger partial charge in [0.15, 0.2) is 4.80 Å². The molecule has 0 bridgehead atoms. The maximum absolute atomic E-state index is 14.1. The molecule has 8 nitrogen and oxygen atoms in total. The van der Waals surface area contributed by atoms with Crippen LogP contribution in [0, 0.1) is 0 Å². The molecule has 0 spiro atoms. The summed E-state index contributed by atoms with van der Waals surface area (Å²) in [5, 5.41) is 0. The van der Waals surface area contributed by atoms with E-state index >= 15 is 0 Å². The first-order valence-electron chi connectivity index (χ1n) is 12.7. The number of aromatic nitrogens is 1. The van der Waals surface area contributed by atoms with Crippen LogP contribution in [0.4, 0.5) is 0 Å². The molecule has 10 heteroatoms. The normalized spacial score (nSPS) is 14.8. The minimum Gasteiger partial charge on any atom is -0.497 e. The molecule has 1 unspecified atom stereocenters. The molecular weight excluding hydrogens is 608 g/mol. The molecule has 4 aromatic rings. The zero-order chi connectivity index (χ0) is 29.1. The van der Waals surface area contributed by atoms with Crippen LogP contribution in [-0.2, 0) is 9.53 Å². The Morgan fingerprint density at radius 2 is 1.71 bits per heavy atom. The monoisotopic (exact) mass is 634 g/mol. The zero-order valence-corrected chi connectivity index (χ0v) is 25.2. The van der Waals surface area contributed by atoms with Crippen molar-refractivity contribution in [1.29, 1.82) is 0 Å². The van der Waals surface area contributed by atoms with Crippen molar-refractivity contribution in [2.75, 3.05) is 27.9 Å². The third-order valence-corrected chi connectivity index (χ3v) is 8.20. The van der Waals surface area contributed by atoms with Gasteiger partial charge in [0.2, 0.25) is 0 Å². The standard InChI is InChI=1S/C31H27BrN2O6S/c1-5-40-30(36)26-27(18-9-7-6-8-10-18)33-31-34(28(26)19-11-13-21(37-2)14-12-19)29(35)25(41-31)16-20-15-22(32)24(39-4)17-23(20)38-3/h6-17,28H,5H2,1-4H3/b25-16-. The zero-order valence-electron chi connectivity index (χ0n) is 22.8. The number of methoxy groups -OCH3 is 3. The molecule has 5 rings (SSSR count). The average molecular weight is 636 g/mol. The number of fused-ring (bicyclic) bond motifs is 1. The van der Waals surface area contributed by atoms with Gasteiger partial charge in [-0.1, -0.05) is 53.8 Å². The largest absolute Gasteiger partial charge is 0.497 e. The van der Waals surface area contributed by atoms with Crippen LogP contribution in [0.2, 0.25) is 0 Å². The molecule has 0 saturated heterocycles. The number of esters is 1. The van der Waals surface area contributed by atoms with Crippen LogP contribution in [0.1, 0.15) is 29.7 Å². The van der Waals surface area contributed by atoms with Gasteiger partial charge >= 0.3 is 5.97 Å². The Morgan fingerprint density at radius 3 is 2.34 bits per heavy atom. The fourth-order valence-corrected chi connectivity index (χ4v) is 6.19. The highest BCUT2D eigenvalue weighted by Gasteiger charge is 2.35. The summed E-state index contributed by atoms with van der Waals surface area (Å²) in [4.78, 5) is 33.0. The first-order valence-corrected chi connectivity index (χ1v) is 14.3. The second-order valence-corrected chi connectivity index (χ2v) is 10.8. The maximum atomic E-state index is 14.1. The van der Waals surface area contributed by atoms with Gasteiger partial charge in [0, 0.05) is 17.2 Å². The van der Waals surface area contributed by atoms with Gasteiger partial charge in [-0.2, -0.15) is 0 Å². The van der Waals surface area contributed by atoms with Gasteiger partial charge < -0.3 is 18.9 Å². The van der Waals surface area contributed by atoms with Crippen molar-refractivity contribution < 1.29 is 23.7 Å². The highest BCUT2D eigenvalue weighted by Crippen LogP contribution is 2.36. The summed E-state index contributed by atoms with van der Waals surface area (Å²) < 4.78 is 24.5. The maximum Gasteiger partial charge on any atom is 0.338 e. The fourth-order valence-electron chi connectivity index (χ4n) is 4.68. The van der Waals surface area contributed by atoms with E-state index in [0.29, 0.717) is 42.3 Å². The van der Waals surface area contributed by atoms with E-state index in [1.807, 2.05) is 48.5 Å². The number of benzene rings is 3. The molecular formula is C31H27BrN2O6S. The molecule has 2 heterocycles. The molecule has 1 atom stereocenters. The second kappa shape index (κ2) is 12.2. The fraction of sp³-hybridized carbons (Fsp3) is 0.194. The summed E-state index contributed by atoms with van der Waals surface area (Å²) in [6, 6.07) is 19.5. The lowest BCUT2D eigenvalue weighted by atomic mass is 9.93. The molecule has 1 aliphatic rings. The van der Waals surface area contributed by atoms with Gasteiger partial charge in [-0.05, 0) is 52.7 Å². The number of rotatable bonds is 8. The lowest BCUT2D eigenvalue weighted by molar-refractivity contribution is -0.138. The third kappa shape index (κ3) is 5.45. The van der Waals surface area contributed by atoms with Crippen LogP contribution >= 0.6 is 27.3 Å².